The second kappa shape index (κ2) is 7.04. The molecule has 0 bridgehead atoms. The van der Waals surface area contributed by atoms with E-state index in [4.69, 9.17) is 4.74 Å². The minimum absolute atomic E-state index is 0.332. The van der Waals surface area contributed by atoms with Crippen LogP contribution in [-0.2, 0) is 27.8 Å². The zero-order valence-corrected chi connectivity index (χ0v) is 12.8. The van der Waals surface area contributed by atoms with E-state index in [1.54, 1.807) is 26.4 Å². The van der Waals surface area contributed by atoms with Crippen molar-refractivity contribution in [3.8, 4) is 0 Å². The van der Waals surface area contributed by atoms with E-state index in [1.807, 2.05) is 18.5 Å². The highest BCUT2D eigenvalue weighted by Crippen LogP contribution is 2.18. The summed E-state index contributed by atoms with van der Waals surface area (Å²) in [6, 6.07) is 1.72. The average Bonchev–Trinajstić information content (AvgIpc) is 2.80. The van der Waals surface area contributed by atoms with Gasteiger partial charge in [0.1, 0.15) is 4.90 Å². The standard InChI is InChI=1S/C12H23N3O3S/c1-5-15-10-12(8-11(15)9-13-2)19(16,17)14(3)6-7-18-4/h8,10,13H,5-7,9H2,1-4H3. The van der Waals surface area contributed by atoms with Gasteiger partial charge in [0.15, 0.2) is 0 Å². The summed E-state index contributed by atoms with van der Waals surface area (Å²) < 4.78 is 32.9. The lowest BCUT2D eigenvalue weighted by Crippen LogP contribution is -2.29. The third-order valence-corrected chi connectivity index (χ3v) is 4.80. The molecule has 1 heterocycles. The fourth-order valence-corrected chi connectivity index (χ4v) is 3.03. The van der Waals surface area contributed by atoms with Gasteiger partial charge >= 0.3 is 0 Å². The highest BCUT2D eigenvalue weighted by Gasteiger charge is 2.22. The summed E-state index contributed by atoms with van der Waals surface area (Å²) in [5, 5.41) is 3.04. The molecular weight excluding hydrogens is 266 g/mol. The number of likely N-dealkylation sites (N-methyl/N-ethyl adjacent to an activating group) is 1. The number of aryl methyl sites for hydroxylation is 1. The van der Waals surface area contributed by atoms with Gasteiger partial charge in [-0.1, -0.05) is 0 Å². The number of rotatable bonds is 8. The number of aromatic nitrogens is 1. The Morgan fingerprint density at radius 1 is 1.47 bits per heavy atom. The maximum absolute atomic E-state index is 12.4. The van der Waals surface area contributed by atoms with E-state index in [0.29, 0.717) is 24.6 Å². The van der Waals surface area contributed by atoms with Crippen molar-refractivity contribution in [1.29, 1.82) is 0 Å². The maximum Gasteiger partial charge on any atom is 0.244 e. The third kappa shape index (κ3) is 3.79. The van der Waals surface area contributed by atoms with Crippen molar-refractivity contribution in [3.63, 3.8) is 0 Å². The number of hydrogen-bond donors (Lipinski definition) is 1. The zero-order chi connectivity index (χ0) is 14.5. The summed E-state index contributed by atoms with van der Waals surface area (Å²) in [5.74, 6) is 0. The van der Waals surface area contributed by atoms with Gasteiger partial charge in [-0.05, 0) is 20.0 Å². The van der Waals surface area contributed by atoms with Crippen LogP contribution in [0.25, 0.3) is 0 Å². The van der Waals surface area contributed by atoms with Crippen molar-refractivity contribution in [2.45, 2.75) is 24.9 Å². The van der Waals surface area contributed by atoms with E-state index in [2.05, 4.69) is 5.32 Å². The van der Waals surface area contributed by atoms with E-state index in [-0.39, 0.29) is 0 Å². The fraction of sp³-hybridized carbons (Fsp3) is 0.667. The molecule has 110 valence electrons. The van der Waals surface area contributed by atoms with Crippen LogP contribution in [-0.4, -0.2) is 51.6 Å². The van der Waals surface area contributed by atoms with Crippen LogP contribution in [0, 0.1) is 0 Å². The van der Waals surface area contributed by atoms with Crippen molar-refractivity contribution < 1.29 is 13.2 Å². The van der Waals surface area contributed by atoms with E-state index in [0.717, 1.165) is 12.2 Å². The molecule has 0 saturated heterocycles. The Labute approximate surface area is 115 Å². The number of nitrogens with one attached hydrogen (secondary N) is 1. The van der Waals surface area contributed by atoms with Crippen LogP contribution in [0.4, 0.5) is 0 Å². The van der Waals surface area contributed by atoms with Gasteiger partial charge in [0, 0.05) is 45.7 Å². The molecule has 0 aromatic carbocycles. The van der Waals surface area contributed by atoms with Gasteiger partial charge in [-0.15, -0.1) is 0 Å². The van der Waals surface area contributed by atoms with Gasteiger partial charge in [0.2, 0.25) is 10.0 Å². The average molecular weight is 289 g/mol. The number of nitrogens with zero attached hydrogens (tertiary/aromatic N) is 2. The second-order valence-corrected chi connectivity index (χ2v) is 6.35. The molecule has 0 atom stereocenters. The highest BCUT2D eigenvalue weighted by molar-refractivity contribution is 7.89. The molecule has 1 aromatic heterocycles. The summed E-state index contributed by atoms with van der Waals surface area (Å²) >= 11 is 0. The molecule has 0 saturated carbocycles. The minimum atomic E-state index is -3.44. The van der Waals surface area contributed by atoms with E-state index in [9.17, 15) is 8.42 Å². The Bertz CT molecular complexity index is 496. The van der Waals surface area contributed by atoms with Gasteiger partial charge in [0.25, 0.3) is 0 Å². The molecule has 0 unspecified atom stereocenters. The molecule has 19 heavy (non-hydrogen) atoms. The highest BCUT2D eigenvalue weighted by atomic mass is 32.2. The quantitative estimate of drug-likeness (QED) is 0.757. The number of methoxy groups -OCH3 is 1. The van der Waals surface area contributed by atoms with Gasteiger partial charge < -0.3 is 14.6 Å². The largest absolute Gasteiger partial charge is 0.383 e. The normalized spacial score (nSPS) is 12.3. The molecule has 0 aliphatic heterocycles. The summed E-state index contributed by atoms with van der Waals surface area (Å²) in [6.45, 7) is 4.11. The second-order valence-electron chi connectivity index (χ2n) is 4.30. The molecule has 1 rings (SSSR count). The van der Waals surface area contributed by atoms with Crippen LogP contribution in [0.3, 0.4) is 0 Å². The van der Waals surface area contributed by atoms with Gasteiger partial charge in [-0.2, -0.15) is 4.31 Å². The molecule has 0 fully saturated rings. The molecule has 0 aliphatic carbocycles. The van der Waals surface area contributed by atoms with Crippen LogP contribution in [0.2, 0.25) is 0 Å². The first-order valence-corrected chi connectivity index (χ1v) is 7.70. The van der Waals surface area contributed by atoms with Gasteiger partial charge in [0.05, 0.1) is 6.61 Å². The smallest absolute Gasteiger partial charge is 0.244 e. The Hall–Kier alpha value is -0.890. The lowest BCUT2D eigenvalue weighted by atomic mass is 10.4. The first-order valence-electron chi connectivity index (χ1n) is 6.26. The van der Waals surface area contributed by atoms with E-state index in [1.165, 1.54) is 4.31 Å². The van der Waals surface area contributed by atoms with Crippen LogP contribution >= 0.6 is 0 Å². The first kappa shape index (κ1) is 16.2. The Morgan fingerprint density at radius 2 is 2.16 bits per heavy atom. The summed E-state index contributed by atoms with van der Waals surface area (Å²) in [6.07, 6.45) is 1.69. The maximum atomic E-state index is 12.4. The molecule has 1 N–H and O–H groups in total. The predicted molar refractivity (Wildman–Crippen MR) is 74.6 cm³/mol. The fourth-order valence-electron chi connectivity index (χ4n) is 1.81. The Morgan fingerprint density at radius 3 is 2.68 bits per heavy atom. The van der Waals surface area contributed by atoms with E-state index >= 15 is 0 Å². The van der Waals surface area contributed by atoms with Gasteiger partial charge in [-0.3, -0.25) is 0 Å². The molecule has 1 aromatic rings. The van der Waals surface area contributed by atoms with Crippen LogP contribution < -0.4 is 5.32 Å². The third-order valence-electron chi connectivity index (χ3n) is 2.98. The molecule has 0 radical (unpaired) electrons. The topological polar surface area (TPSA) is 63.6 Å². The molecular formula is C12H23N3O3S. The SMILES string of the molecule is CCn1cc(S(=O)(=O)N(C)CCOC)cc1CNC. The molecule has 6 nitrogen and oxygen atoms in total. The van der Waals surface area contributed by atoms with Crippen LogP contribution in [0.15, 0.2) is 17.2 Å². The lowest BCUT2D eigenvalue weighted by molar-refractivity contribution is 0.185. The van der Waals surface area contributed by atoms with Crippen molar-refractivity contribution in [2.24, 2.45) is 0 Å². The molecule has 0 aliphatic rings. The number of hydrogen-bond acceptors (Lipinski definition) is 4. The van der Waals surface area contributed by atoms with Crippen LogP contribution in [0.5, 0.6) is 0 Å². The monoisotopic (exact) mass is 289 g/mol. The minimum Gasteiger partial charge on any atom is -0.383 e. The van der Waals surface area contributed by atoms with Crippen molar-refractivity contribution >= 4 is 10.0 Å². The van der Waals surface area contributed by atoms with Crippen molar-refractivity contribution in [3.05, 3.63) is 18.0 Å². The molecule has 0 spiro atoms. The van der Waals surface area contributed by atoms with Gasteiger partial charge in [-0.25, -0.2) is 8.42 Å². The Balaban J connectivity index is 3.01. The summed E-state index contributed by atoms with van der Waals surface area (Å²) in [7, 11) is 1.52. The number of ether oxygens (including phenoxy) is 1. The first-order chi connectivity index (χ1) is 8.97. The molecule has 7 heteroatoms. The summed E-state index contributed by atoms with van der Waals surface area (Å²) in [4.78, 5) is 0.332. The number of sulfonamides is 1. The molecule has 0 amide bonds. The lowest BCUT2D eigenvalue weighted by Gasteiger charge is -2.15. The predicted octanol–water partition coefficient (Wildman–Crippen LogP) is 0.494. The van der Waals surface area contributed by atoms with Crippen molar-refractivity contribution in [1.82, 2.24) is 14.2 Å². The summed E-state index contributed by atoms with van der Waals surface area (Å²) in [5.41, 5.74) is 0.962. The van der Waals surface area contributed by atoms with E-state index < -0.39 is 10.0 Å². The zero-order valence-electron chi connectivity index (χ0n) is 12.0. The Kier molecular flexibility index (Phi) is 5.99. The van der Waals surface area contributed by atoms with Crippen molar-refractivity contribution in [2.75, 3.05) is 34.4 Å². The van der Waals surface area contributed by atoms with Crippen LogP contribution in [0.1, 0.15) is 12.6 Å².